The molecule has 32 heteroatoms. The van der Waals surface area contributed by atoms with Crippen LogP contribution in [0.15, 0.2) is 84.4 Å². The Kier molecular flexibility index (Phi) is 20.7. The van der Waals surface area contributed by atoms with Gasteiger partial charge in [-0.25, -0.2) is 48.6 Å². The minimum Gasteiger partial charge on any atom is -0.744 e. The Balaban J connectivity index is 0.00000304. The van der Waals surface area contributed by atoms with Gasteiger partial charge in [0.2, 0.25) is 5.13 Å². The topological polar surface area (TPSA) is 349 Å². The Morgan fingerprint density at radius 3 is 1.67 bits per heavy atom. The number of thiazole rings is 2. The Morgan fingerprint density at radius 1 is 0.613 bits per heavy atom. The van der Waals surface area contributed by atoms with Crippen molar-refractivity contribution in [2.75, 3.05) is 10.2 Å². The molecular weight excluding hydrogens is 1130 g/mol. The van der Waals surface area contributed by atoms with Gasteiger partial charge in [0.05, 0.1) is 51.4 Å². The van der Waals surface area contributed by atoms with Gasteiger partial charge in [0, 0.05) is 5.69 Å². The summed E-state index contributed by atoms with van der Waals surface area (Å²) in [6.45, 7) is 12.1. The molecule has 0 fully saturated rings. The second-order valence-electron chi connectivity index (χ2n) is 16.2. The van der Waals surface area contributed by atoms with Crippen LogP contribution in [-0.4, -0.2) is 76.6 Å². The molecule has 0 aliphatic carbocycles. The van der Waals surface area contributed by atoms with E-state index in [-0.39, 0.29) is 212 Å². The van der Waals surface area contributed by atoms with Crippen molar-refractivity contribution in [1.82, 2.24) is 24.7 Å². The van der Waals surface area contributed by atoms with Crippen LogP contribution in [-0.2, 0) is 40.5 Å². The first kappa shape index (κ1) is 64.9. The molecule has 0 saturated carbocycles. The molecule has 0 aliphatic heterocycles. The summed E-state index contributed by atoms with van der Waals surface area (Å²) in [4.78, 5) is 13.5. The van der Waals surface area contributed by atoms with Crippen molar-refractivity contribution in [2.45, 2.75) is 75.0 Å². The van der Waals surface area contributed by atoms with Crippen LogP contribution in [0.25, 0.3) is 25.6 Å². The van der Waals surface area contributed by atoms with Gasteiger partial charge in [0.1, 0.15) is 63.6 Å². The second kappa shape index (κ2) is 24.0. The van der Waals surface area contributed by atoms with E-state index in [0.29, 0.717) is 21.3 Å². The SMILES string of the molecule is Cc1cc(N(c2nc3ccc(S(=O)(=O)[O-])cc3s2)c2c(C)cc(C)c(S(=O)(=O)[O-])c2C)nc(Nc2c(C)cc(C)c(S(=O)(=O)[O-])c2C)c1N=Nc1c(C#N)c(C)nn1-c1nc2ccc(S(=O)(=O)[O-])cc2s1.[Na+].[Na+].[Na+].[Na+]. The van der Waals surface area contributed by atoms with Crippen molar-refractivity contribution in [1.29, 1.82) is 5.26 Å². The molecule has 0 aliphatic rings. The standard InChI is InChI=1S/C43H38N10O12S6.4Na/c1-19-13-22(4)38(70(60,61)62)24(6)35(19)48-40-36(49-50-41-29(18-44)26(8)51-53(41)43-46-31-12-10-28(69(57,58)59)17-33(31)67-43)20(2)15-34(47-40)52(37-21(3)14-23(5)39(25(37)7)71(63,64)65)42-45-30-11-9-27(68(54,55)56)16-32(30)66-42;;;;/h9-17H,1-8H3,(H,47,48)(H,54,55,56)(H,57,58,59)(H,60,61,62)(H,63,64,65);;;;/q;4*+1/p-4. The Hall–Kier alpha value is -2.65. The van der Waals surface area contributed by atoms with E-state index in [9.17, 15) is 57.1 Å². The van der Waals surface area contributed by atoms with Gasteiger partial charge in [0.25, 0.3) is 0 Å². The number of aryl methyl sites for hydroxylation is 6. The maximum Gasteiger partial charge on any atom is 1.00 e. The maximum atomic E-state index is 12.8. The molecule has 0 atom stereocenters. The number of nitrogens with zero attached hydrogens (tertiary/aromatic N) is 9. The predicted molar refractivity (Wildman–Crippen MR) is 257 cm³/mol. The Bertz CT molecular complexity index is 4180. The van der Waals surface area contributed by atoms with E-state index in [1.807, 2.05) is 6.07 Å². The summed E-state index contributed by atoms with van der Waals surface area (Å²) in [6, 6.07) is 13.6. The molecule has 75 heavy (non-hydrogen) atoms. The molecule has 1 N–H and O–H groups in total. The number of nitrogens with one attached hydrogen (secondary N) is 1. The molecule has 8 aromatic rings. The third-order valence-electron chi connectivity index (χ3n) is 11.2. The van der Waals surface area contributed by atoms with Crippen LogP contribution >= 0.6 is 22.7 Å². The molecule has 0 radical (unpaired) electrons. The summed E-state index contributed by atoms with van der Waals surface area (Å²) >= 11 is 1.83. The van der Waals surface area contributed by atoms with Gasteiger partial charge in [-0.05, 0) is 137 Å². The number of azo groups is 1. The van der Waals surface area contributed by atoms with Crippen LogP contribution < -0.4 is 128 Å². The average molecular weight is 1170 g/mol. The van der Waals surface area contributed by atoms with Crippen molar-refractivity contribution in [3.8, 4) is 11.2 Å². The quantitative estimate of drug-likeness (QED) is 0.0694. The molecule has 4 heterocycles. The number of benzene rings is 4. The van der Waals surface area contributed by atoms with Gasteiger partial charge in [-0.3, -0.25) is 4.90 Å². The predicted octanol–water partition coefficient (Wildman–Crippen LogP) is -3.91. The zero-order valence-electron chi connectivity index (χ0n) is 42.1. The van der Waals surface area contributed by atoms with Crippen LogP contribution in [0.2, 0.25) is 0 Å². The molecule has 0 unspecified atom stereocenters. The van der Waals surface area contributed by atoms with Crippen LogP contribution in [0.5, 0.6) is 0 Å². The maximum absolute atomic E-state index is 12.8. The third kappa shape index (κ3) is 13.0. The van der Waals surface area contributed by atoms with E-state index >= 15 is 0 Å². The molecule has 0 saturated heterocycles. The number of anilines is 5. The molecule has 0 spiro atoms. The first-order valence-corrected chi connectivity index (χ1v) is 27.6. The van der Waals surface area contributed by atoms with Crippen molar-refractivity contribution >= 4 is 123 Å². The zero-order valence-corrected chi connectivity index (χ0v) is 55.0. The van der Waals surface area contributed by atoms with E-state index < -0.39 is 60.1 Å². The fourth-order valence-corrected chi connectivity index (χ4v) is 13.3. The summed E-state index contributed by atoms with van der Waals surface area (Å²) < 4.78 is 150. The molecule has 368 valence electrons. The second-order valence-corrected chi connectivity index (χ2v) is 23.6. The van der Waals surface area contributed by atoms with Crippen LogP contribution in [0.3, 0.4) is 0 Å². The summed E-state index contributed by atoms with van der Waals surface area (Å²) in [5.74, 6) is -0.341. The normalized spacial score (nSPS) is 11.9. The van der Waals surface area contributed by atoms with Gasteiger partial charge < -0.3 is 23.5 Å². The largest absolute Gasteiger partial charge is 1.00 e. The Morgan fingerprint density at radius 2 is 1.13 bits per heavy atom. The summed E-state index contributed by atoms with van der Waals surface area (Å²) in [6.07, 6.45) is 0. The molecular formula is C43H34N10Na4O12S6. The van der Waals surface area contributed by atoms with Crippen molar-refractivity contribution in [2.24, 2.45) is 10.2 Å². The Labute approximate surface area is 527 Å². The van der Waals surface area contributed by atoms with Gasteiger partial charge in [-0.1, -0.05) is 34.8 Å². The molecule has 0 amide bonds. The average Bonchev–Trinajstić information content (AvgIpc) is 3.95. The number of nitriles is 1. The first-order chi connectivity index (χ1) is 33.0. The number of hydrogen-bond donors (Lipinski definition) is 1. The van der Waals surface area contributed by atoms with E-state index in [1.165, 1.54) is 74.5 Å². The van der Waals surface area contributed by atoms with E-state index in [4.69, 9.17) is 9.97 Å². The molecule has 8 rings (SSSR count). The third-order valence-corrected chi connectivity index (χ3v) is 17.1. The van der Waals surface area contributed by atoms with Crippen molar-refractivity contribution in [3.05, 3.63) is 105 Å². The number of aromatic nitrogens is 5. The smallest absolute Gasteiger partial charge is 0.744 e. The van der Waals surface area contributed by atoms with E-state index in [2.05, 4.69) is 25.6 Å². The summed E-state index contributed by atoms with van der Waals surface area (Å²) in [5.41, 5.74) is 2.29. The minimum absolute atomic E-state index is 0. The van der Waals surface area contributed by atoms with Crippen molar-refractivity contribution in [3.63, 3.8) is 0 Å². The molecule has 22 nitrogen and oxygen atoms in total. The first-order valence-electron chi connectivity index (χ1n) is 20.3. The summed E-state index contributed by atoms with van der Waals surface area (Å²) in [7, 11) is -19.9. The van der Waals surface area contributed by atoms with Gasteiger partial charge in [-0.15, -0.1) is 10.2 Å². The van der Waals surface area contributed by atoms with Crippen LogP contribution in [0, 0.1) is 66.7 Å². The van der Waals surface area contributed by atoms with Gasteiger partial charge in [0.15, 0.2) is 16.8 Å². The number of pyridine rings is 1. The molecule has 0 bridgehead atoms. The fourth-order valence-electron chi connectivity index (χ4n) is 8.29. The van der Waals surface area contributed by atoms with Gasteiger partial charge >= 0.3 is 118 Å². The number of hydrogen-bond acceptors (Lipinski definition) is 23. The van der Waals surface area contributed by atoms with E-state index in [1.54, 1.807) is 20.8 Å². The minimum atomic E-state index is -5.12. The van der Waals surface area contributed by atoms with E-state index in [0.717, 1.165) is 46.9 Å². The molecule has 4 aromatic carbocycles. The summed E-state index contributed by atoms with van der Waals surface area (Å²) in [5, 5.41) is 27.1. The zero-order chi connectivity index (χ0) is 52.0. The van der Waals surface area contributed by atoms with Crippen molar-refractivity contribution < 1.29 is 170 Å². The fraction of sp³-hybridized carbons (Fsp3) is 0.186. The van der Waals surface area contributed by atoms with Gasteiger partial charge in [-0.2, -0.15) is 15.0 Å². The molecule has 4 aromatic heterocycles. The number of fused-ring (bicyclic) bond motifs is 2. The monoisotopic (exact) mass is 1170 g/mol. The van der Waals surface area contributed by atoms with Crippen LogP contribution in [0.1, 0.15) is 50.2 Å². The number of rotatable bonds is 12. The van der Waals surface area contributed by atoms with Crippen LogP contribution in [0.4, 0.5) is 39.6 Å².